The molecule has 7 rings (SSSR count). The van der Waals surface area contributed by atoms with E-state index in [1.807, 2.05) is 11.0 Å². The van der Waals surface area contributed by atoms with Crippen LogP contribution in [-0.2, 0) is 11.3 Å². The second-order valence-electron chi connectivity index (χ2n) is 12.3. The van der Waals surface area contributed by atoms with Crippen LogP contribution in [0.1, 0.15) is 43.2 Å². The van der Waals surface area contributed by atoms with Gasteiger partial charge in [0, 0.05) is 70.3 Å². The lowest BCUT2D eigenvalue weighted by Gasteiger charge is -2.35. The zero-order valence-corrected chi connectivity index (χ0v) is 27.4. The number of halogens is 2. The third kappa shape index (κ3) is 7.48. The minimum absolute atomic E-state index is 0. The fourth-order valence-electron chi connectivity index (χ4n) is 6.37. The molecule has 3 aliphatic heterocycles. The molecule has 3 aliphatic rings. The lowest BCUT2D eigenvalue weighted by Crippen LogP contribution is -2.49. The minimum atomic E-state index is -0.483. The Morgan fingerprint density at radius 3 is 2.50 bits per heavy atom. The number of nitrogens with one attached hydrogen (secondary N) is 1. The standard InChI is InChI=1S/C29H30F2N8O3.C5H11N.H2/c1-42-24-16-21(30)17-32-28(24)36-11-13-37(14-12-36)29(41)23-15-19-4-5-22(26(31)27(19)34-23)20-3-2-8-38(18-20)25(40)6-9-39-10-7-33-35-39;1-6-4-2-3-5-6;/h3-5,7,10,15-17,34H,2,6,8-9,11-14,18H2,1H3;2-5H2,1H3;1H. The van der Waals surface area contributed by atoms with E-state index >= 15 is 4.39 Å². The quantitative estimate of drug-likeness (QED) is 0.315. The number of aryl methyl sites for hydroxylation is 1. The minimum Gasteiger partial charge on any atom is -0.493 e. The molecule has 0 saturated carbocycles. The van der Waals surface area contributed by atoms with Crippen molar-refractivity contribution in [3.8, 4) is 5.75 Å². The van der Waals surface area contributed by atoms with Crippen LogP contribution in [0.25, 0.3) is 16.5 Å². The van der Waals surface area contributed by atoms with Crippen molar-refractivity contribution >= 4 is 34.1 Å². The van der Waals surface area contributed by atoms with Gasteiger partial charge in [0.25, 0.3) is 5.91 Å². The fourth-order valence-corrected chi connectivity index (χ4v) is 6.37. The summed E-state index contributed by atoms with van der Waals surface area (Å²) in [5.74, 6) is -0.328. The zero-order valence-electron chi connectivity index (χ0n) is 27.4. The van der Waals surface area contributed by atoms with Crippen LogP contribution in [0.3, 0.4) is 0 Å². The number of hydrogen-bond donors (Lipinski definition) is 1. The summed E-state index contributed by atoms with van der Waals surface area (Å²) in [6.07, 6.45) is 10.1. The van der Waals surface area contributed by atoms with Crippen molar-refractivity contribution in [3.05, 3.63) is 71.8 Å². The van der Waals surface area contributed by atoms with Gasteiger partial charge < -0.3 is 29.3 Å². The summed E-state index contributed by atoms with van der Waals surface area (Å²) in [7, 11) is 3.63. The Bertz CT molecular complexity index is 1770. The number of H-pyrrole nitrogens is 1. The molecule has 2 saturated heterocycles. The Morgan fingerprint density at radius 2 is 1.81 bits per heavy atom. The van der Waals surface area contributed by atoms with E-state index in [1.54, 1.807) is 45.1 Å². The first-order valence-corrected chi connectivity index (χ1v) is 16.4. The number of nitrogens with zero attached hydrogens (tertiary/aromatic N) is 8. The van der Waals surface area contributed by atoms with E-state index < -0.39 is 11.6 Å². The molecule has 2 amide bonds. The molecule has 0 aliphatic carbocycles. The van der Waals surface area contributed by atoms with Crippen molar-refractivity contribution in [2.24, 2.45) is 0 Å². The van der Waals surface area contributed by atoms with Crippen molar-refractivity contribution in [2.75, 3.05) is 71.4 Å². The van der Waals surface area contributed by atoms with E-state index in [1.165, 1.54) is 39.1 Å². The van der Waals surface area contributed by atoms with Gasteiger partial charge in [-0.3, -0.25) is 14.3 Å². The van der Waals surface area contributed by atoms with Gasteiger partial charge in [-0.25, -0.2) is 13.8 Å². The molecule has 0 spiro atoms. The first kappa shape index (κ1) is 33.1. The number of pyridine rings is 1. The van der Waals surface area contributed by atoms with Crippen LogP contribution in [-0.4, -0.2) is 118 Å². The number of rotatable bonds is 7. The van der Waals surface area contributed by atoms with E-state index in [-0.39, 0.29) is 25.2 Å². The lowest BCUT2D eigenvalue weighted by atomic mass is 9.99. The summed E-state index contributed by atoms with van der Waals surface area (Å²) in [6, 6.07) is 6.44. The SMILES string of the molecule is CN1CCCC1.COc1cc(F)cnc1N1CCN(C(=O)c2cc3ccc(C4=CCCN(C(=O)CCn5ccnn5)C4)c(F)c3[nH]2)CC1.[HH]. The maximum Gasteiger partial charge on any atom is 0.270 e. The Balaban J connectivity index is 0.000000605. The highest BCUT2D eigenvalue weighted by atomic mass is 19.1. The second kappa shape index (κ2) is 14.9. The van der Waals surface area contributed by atoms with E-state index in [9.17, 15) is 14.0 Å². The number of aromatic amines is 1. The van der Waals surface area contributed by atoms with Crippen molar-refractivity contribution < 1.29 is 24.5 Å². The highest BCUT2D eigenvalue weighted by molar-refractivity contribution is 5.99. The maximum absolute atomic E-state index is 15.8. The van der Waals surface area contributed by atoms with Crippen LogP contribution >= 0.6 is 0 Å². The topological polar surface area (TPSA) is 116 Å². The van der Waals surface area contributed by atoms with E-state index in [0.717, 1.165) is 11.8 Å². The van der Waals surface area contributed by atoms with Gasteiger partial charge in [-0.15, -0.1) is 5.10 Å². The van der Waals surface area contributed by atoms with E-state index in [0.29, 0.717) is 80.4 Å². The van der Waals surface area contributed by atoms with Crippen LogP contribution < -0.4 is 9.64 Å². The van der Waals surface area contributed by atoms with Crippen molar-refractivity contribution in [1.82, 2.24) is 39.7 Å². The number of carbonyl (C=O) groups excluding carboxylic acids is 2. The second-order valence-corrected chi connectivity index (χ2v) is 12.3. The van der Waals surface area contributed by atoms with E-state index in [2.05, 4.69) is 32.2 Å². The highest BCUT2D eigenvalue weighted by Gasteiger charge is 2.27. The third-order valence-electron chi connectivity index (χ3n) is 9.06. The van der Waals surface area contributed by atoms with Crippen LogP contribution in [0.5, 0.6) is 5.75 Å². The first-order valence-electron chi connectivity index (χ1n) is 16.4. The maximum atomic E-state index is 15.8. The molecule has 0 bridgehead atoms. The molecule has 2 fully saturated rings. The molecule has 1 aromatic carbocycles. The zero-order chi connectivity index (χ0) is 33.6. The Kier molecular flexibility index (Phi) is 10.3. The van der Waals surface area contributed by atoms with Crippen LogP contribution in [0.4, 0.5) is 14.6 Å². The number of likely N-dealkylation sites (tertiary alicyclic amines) is 1. The summed E-state index contributed by atoms with van der Waals surface area (Å²) in [4.78, 5) is 41.0. The number of methoxy groups -OCH3 is 1. The predicted octanol–water partition coefficient (Wildman–Crippen LogP) is 4.07. The number of anilines is 1. The van der Waals surface area contributed by atoms with Gasteiger partial charge in [0.15, 0.2) is 17.4 Å². The van der Waals surface area contributed by atoms with Gasteiger partial charge in [0.2, 0.25) is 5.91 Å². The molecule has 1 N–H and O–H groups in total. The summed E-state index contributed by atoms with van der Waals surface area (Å²) in [5, 5.41) is 8.23. The van der Waals surface area contributed by atoms with Gasteiger partial charge in [-0.1, -0.05) is 23.4 Å². The van der Waals surface area contributed by atoms with Crippen molar-refractivity contribution in [2.45, 2.75) is 32.2 Å². The molecule has 14 heteroatoms. The van der Waals surface area contributed by atoms with Gasteiger partial charge in [-0.2, -0.15) is 0 Å². The Labute approximate surface area is 279 Å². The number of benzene rings is 1. The molecule has 0 radical (unpaired) electrons. The number of piperazine rings is 1. The van der Waals surface area contributed by atoms with Gasteiger partial charge in [-0.05, 0) is 51.0 Å². The largest absolute Gasteiger partial charge is 0.493 e. The molecule has 0 atom stereocenters. The average Bonchev–Trinajstić information content (AvgIpc) is 3.91. The summed E-state index contributed by atoms with van der Waals surface area (Å²) < 4.78 is 36.2. The lowest BCUT2D eigenvalue weighted by molar-refractivity contribution is -0.131. The Morgan fingerprint density at radius 1 is 1.02 bits per heavy atom. The van der Waals surface area contributed by atoms with Crippen LogP contribution in [0.15, 0.2) is 48.9 Å². The molecule has 3 aromatic heterocycles. The number of fused-ring (bicyclic) bond motifs is 1. The Hall–Kier alpha value is -4.85. The van der Waals surface area contributed by atoms with Crippen LogP contribution in [0.2, 0.25) is 0 Å². The summed E-state index contributed by atoms with van der Waals surface area (Å²) in [6.45, 7) is 5.75. The molecule has 6 heterocycles. The molecular weight excluding hydrogens is 620 g/mol. The molecule has 256 valence electrons. The third-order valence-corrected chi connectivity index (χ3v) is 9.06. The summed E-state index contributed by atoms with van der Waals surface area (Å²) in [5.41, 5.74) is 1.70. The number of hydrogen-bond acceptors (Lipinski definition) is 8. The van der Waals surface area contributed by atoms with Crippen LogP contribution in [0, 0.1) is 11.6 Å². The van der Waals surface area contributed by atoms with Crippen molar-refractivity contribution in [1.29, 1.82) is 0 Å². The average molecular weight is 664 g/mol. The normalized spacial score (nSPS) is 16.9. The smallest absolute Gasteiger partial charge is 0.270 e. The number of amides is 2. The van der Waals surface area contributed by atoms with Gasteiger partial charge in [0.1, 0.15) is 11.5 Å². The molecule has 12 nitrogen and oxygen atoms in total. The van der Waals surface area contributed by atoms with E-state index in [4.69, 9.17) is 4.74 Å². The van der Waals surface area contributed by atoms with Crippen molar-refractivity contribution in [3.63, 3.8) is 0 Å². The summed E-state index contributed by atoms with van der Waals surface area (Å²) >= 11 is 0. The monoisotopic (exact) mass is 663 g/mol. The van der Waals surface area contributed by atoms with Gasteiger partial charge in [0.05, 0.1) is 31.6 Å². The molecule has 0 unspecified atom stereocenters. The molecular formula is C34H43F2N9O3. The van der Waals surface area contributed by atoms with Gasteiger partial charge >= 0.3 is 0 Å². The highest BCUT2D eigenvalue weighted by Crippen LogP contribution is 2.30. The molecule has 4 aromatic rings. The number of carbonyl (C=O) groups is 2. The fraction of sp³-hybridized carbons (Fsp3) is 0.441. The predicted molar refractivity (Wildman–Crippen MR) is 180 cm³/mol. The first-order chi connectivity index (χ1) is 23.3. The number of aromatic nitrogens is 5. The molecule has 48 heavy (non-hydrogen) atoms. The number of ether oxygens (including phenoxy) is 1.